The SMILES string of the molecule is COc1ccnc(CC(=O)Nc2ccc(OC(C)C)cc2F)c1. The van der Waals surface area contributed by atoms with Crippen molar-refractivity contribution in [2.75, 3.05) is 12.4 Å². The van der Waals surface area contributed by atoms with Crippen LogP contribution in [0.4, 0.5) is 10.1 Å². The van der Waals surface area contributed by atoms with Gasteiger partial charge in [-0.3, -0.25) is 9.78 Å². The van der Waals surface area contributed by atoms with Crippen LogP contribution < -0.4 is 14.8 Å². The Balaban J connectivity index is 2.02. The van der Waals surface area contributed by atoms with Gasteiger partial charge in [0.1, 0.15) is 17.3 Å². The van der Waals surface area contributed by atoms with Crippen molar-refractivity contribution in [2.24, 2.45) is 0 Å². The van der Waals surface area contributed by atoms with Crippen LogP contribution >= 0.6 is 0 Å². The fourth-order valence-electron chi connectivity index (χ4n) is 1.98. The lowest BCUT2D eigenvalue weighted by Crippen LogP contribution is -2.16. The number of ether oxygens (including phenoxy) is 2. The molecule has 5 nitrogen and oxygen atoms in total. The molecule has 1 heterocycles. The Morgan fingerprint density at radius 2 is 2.04 bits per heavy atom. The van der Waals surface area contributed by atoms with Gasteiger partial charge in [0.15, 0.2) is 0 Å². The maximum atomic E-state index is 14.0. The zero-order valence-electron chi connectivity index (χ0n) is 13.3. The number of nitrogens with one attached hydrogen (secondary N) is 1. The second-order valence-electron chi connectivity index (χ2n) is 5.22. The van der Waals surface area contributed by atoms with Crippen LogP contribution in [0, 0.1) is 5.82 Å². The molecule has 1 N–H and O–H groups in total. The molecule has 1 amide bonds. The molecule has 6 heteroatoms. The first kappa shape index (κ1) is 16.7. The quantitative estimate of drug-likeness (QED) is 0.888. The number of aromatic nitrogens is 1. The topological polar surface area (TPSA) is 60.5 Å². The molecule has 0 radical (unpaired) electrons. The molecular formula is C17H19FN2O3. The van der Waals surface area contributed by atoms with E-state index in [9.17, 15) is 9.18 Å². The minimum atomic E-state index is -0.546. The van der Waals surface area contributed by atoms with Gasteiger partial charge in [-0.25, -0.2) is 4.39 Å². The molecule has 1 aromatic carbocycles. The second-order valence-corrected chi connectivity index (χ2v) is 5.22. The van der Waals surface area contributed by atoms with Gasteiger partial charge in [-0.05, 0) is 32.0 Å². The smallest absolute Gasteiger partial charge is 0.230 e. The monoisotopic (exact) mass is 318 g/mol. The van der Waals surface area contributed by atoms with Crippen LogP contribution in [0.2, 0.25) is 0 Å². The molecule has 0 saturated carbocycles. The highest BCUT2D eigenvalue weighted by Gasteiger charge is 2.11. The molecule has 2 aromatic rings. The Morgan fingerprint density at radius 3 is 2.70 bits per heavy atom. The highest BCUT2D eigenvalue weighted by atomic mass is 19.1. The van der Waals surface area contributed by atoms with E-state index in [1.54, 1.807) is 24.4 Å². The van der Waals surface area contributed by atoms with Crippen LogP contribution in [-0.4, -0.2) is 24.1 Å². The van der Waals surface area contributed by atoms with Gasteiger partial charge in [0.2, 0.25) is 5.91 Å². The number of carbonyl (C=O) groups is 1. The molecule has 0 atom stereocenters. The molecular weight excluding hydrogens is 299 g/mol. The maximum Gasteiger partial charge on any atom is 0.230 e. The summed E-state index contributed by atoms with van der Waals surface area (Å²) in [6.07, 6.45) is 1.54. The first-order chi connectivity index (χ1) is 11.0. The third kappa shape index (κ3) is 4.95. The summed E-state index contributed by atoms with van der Waals surface area (Å²) < 4.78 is 24.5. The highest BCUT2D eigenvalue weighted by Crippen LogP contribution is 2.22. The number of anilines is 1. The second kappa shape index (κ2) is 7.58. The Bertz CT molecular complexity index is 689. The Labute approximate surface area is 134 Å². The summed E-state index contributed by atoms with van der Waals surface area (Å²) in [4.78, 5) is 16.1. The van der Waals surface area contributed by atoms with Crippen molar-refractivity contribution in [3.63, 3.8) is 0 Å². The summed E-state index contributed by atoms with van der Waals surface area (Å²) in [7, 11) is 1.54. The third-order valence-corrected chi connectivity index (χ3v) is 2.95. The van der Waals surface area contributed by atoms with E-state index in [1.165, 1.54) is 19.2 Å². The van der Waals surface area contributed by atoms with Crippen molar-refractivity contribution in [3.8, 4) is 11.5 Å². The van der Waals surface area contributed by atoms with Crippen molar-refractivity contribution in [1.82, 2.24) is 4.98 Å². The van der Waals surface area contributed by atoms with Gasteiger partial charge in [-0.15, -0.1) is 0 Å². The van der Waals surface area contributed by atoms with Crippen LogP contribution in [0.1, 0.15) is 19.5 Å². The zero-order chi connectivity index (χ0) is 16.8. The van der Waals surface area contributed by atoms with E-state index in [1.807, 2.05) is 13.8 Å². The van der Waals surface area contributed by atoms with Crippen molar-refractivity contribution >= 4 is 11.6 Å². The van der Waals surface area contributed by atoms with Crippen LogP contribution in [0.5, 0.6) is 11.5 Å². The molecule has 0 aliphatic heterocycles. The van der Waals surface area contributed by atoms with Crippen molar-refractivity contribution < 1.29 is 18.7 Å². The van der Waals surface area contributed by atoms with Gasteiger partial charge in [0.05, 0.1) is 31.0 Å². The van der Waals surface area contributed by atoms with Gasteiger partial charge in [-0.2, -0.15) is 0 Å². The van der Waals surface area contributed by atoms with Crippen molar-refractivity contribution in [2.45, 2.75) is 26.4 Å². The van der Waals surface area contributed by atoms with Crippen molar-refractivity contribution in [3.05, 3.63) is 48.0 Å². The molecule has 0 saturated heterocycles. The number of benzene rings is 1. The molecule has 23 heavy (non-hydrogen) atoms. The summed E-state index contributed by atoms with van der Waals surface area (Å²) in [5.74, 6) is 0.131. The lowest BCUT2D eigenvalue weighted by atomic mass is 10.2. The number of halogens is 1. The number of hydrogen-bond acceptors (Lipinski definition) is 4. The molecule has 122 valence electrons. The van der Waals surface area contributed by atoms with Crippen molar-refractivity contribution in [1.29, 1.82) is 0 Å². The van der Waals surface area contributed by atoms with E-state index in [-0.39, 0.29) is 24.1 Å². The number of carbonyl (C=O) groups excluding carboxylic acids is 1. The molecule has 0 unspecified atom stereocenters. The average molecular weight is 318 g/mol. The van der Waals surface area contributed by atoms with Gasteiger partial charge >= 0.3 is 0 Å². The summed E-state index contributed by atoms with van der Waals surface area (Å²) in [5, 5.41) is 2.53. The number of pyridine rings is 1. The van der Waals surface area contributed by atoms with Gasteiger partial charge in [-0.1, -0.05) is 0 Å². The van der Waals surface area contributed by atoms with E-state index < -0.39 is 5.82 Å². The molecule has 0 spiro atoms. The number of amides is 1. The van der Waals surface area contributed by atoms with E-state index >= 15 is 0 Å². The third-order valence-electron chi connectivity index (χ3n) is 2.95. The van der Waals surface area contributed by atoms with E-state index in [2.05, 4.69) is 10.3 Å². The Hall–Kier alpha value is -2.63. The zero-order valence-corrected chi connectivity index (χ0v) is 13.3. The highest BCUT2D eigenvalue weighted by molar-refractivity contribution is 5.92. The summed E-state index contributed by atoms with van der Waals surface area (Å²) >= 11 is 0. The van der Waals surface area contributed by atoms with Gasteiger partial charge in [0.25, 0.3) is 0 Å². The van der Waals surface area contributed by atoms with Gasteiger partial charge < -0.3 is 14.8 Å². The van der Waals surface area contributed by atoms with Crippen LogP contribution in [-0.2, 0) is 11.2 Å². The van der Waals surface area contributed by atoms with Crippen LogP contribution in [0.25, 0.3) is 0 Å². The first-order valence-corrected chi connectivity index (χ1v) is 7.23. The Kier molecular flexibility index (Phi) is 5.51. The Morgan fingerprint density at radius 1 is 1.26 bits per heavy atom. The normalized spacial score (nSPS) is 10.5. The van der Waals surface area contributed by atoms with Crippen LogP contribution in [0.3, 0.4) is 0 Å². The predicted molar refractivity (Wildman–Crippen MR) is 85.3 cm³/mol. The number of hydrogen-bond donors (Lipinski definition) is 1. The van der Waals surface area contributed by atoms with Gasteiger partial charge in [0, 0.05) is 18.3 Å². The number of nitrogens with zero attached hydrogens (tertiary/aromatic N) is 1. The number of methoxy groups -OCH3 is 1. The lowest BCUT2D eigenvalue weighted by molar-refractivity contribution is -0.115. The molecule has 0 aliphatic carbocycles. The largest absolute Gasteiger partial charge is 0.497 e. The van der Waals surface area contributed by atoms with Crippen LogP contribution in [0.15, 0.2) is 36.5 Å². The minimum absolute atomic E-state index is 0.0287. The fraction of sp³-hybridized carbons (Fsp3) is 0.294. The maximum absolute atomic E-state index is 14.0. The first-order valence-electron chi connectivity index (χ1n) is 7.23. The summed E-state index contributed by atoms with van der Waals surface area (Å²) in [5.41, 5.74) is 0.649. The van der Waals surface area contributed by atoms with E-state index in [0.717, 1.165) is 0 Å². The van der Waals surface area contributed by atoms with E-state index in [0.29, 0.717) is 17.2 Å². The standard InChI is InChI=1S/C17H19FN2O3/c1-11(2)23-14-4-5-16(15(18)10-14)20-17(21)9-12-8-13(22-3)6-7-19-12/h4-8,10-11H,9H2,1-3H3,(H,20,21). The average Bonchev–Trinajstić information content (AvgIpc) is 2.49. The minimum Gasteiger partial charge on any atom is -0.497 e. The summed E-state index contributed by atoms with van der Waals surface area (Å²) in [6.45, 7) is 3.71. The summed E-state index contributed by atoms with van der Waals surface area (Å²) in [6, 6.07) is 7.69. The number of rotatable bonds is 6. The molecule has 0 bridgehead atoms. The fourth-order valence-corrected chi connectivity index (χ4v) is 1.98. The van der Waals surface area contributed by atoms with E-state index in [4.69, 9.17) is 9.47 Å². The lowest BCUT2D eigenvalue weighted by Gasteiger charge is -2.11. The predicted octanol–water partition coefficient (Wildman–Crippen LogP) is 3.20. The molecule has 0 aliphatic rings. The molecule has 0 fully saturated rings. The molecule has 2 rings (SSSR count). The molecule has 1 aromatic heterocycles.